The van der Waals surface area contributed by atoms with Crippen molar-refractivity contribution in [1.82, 2.24) is 0 Å². The molecular weight excluding hydrogens is 236 g/mol. The highest BCUT2D eigenvalue weighted by Crippen LogP contribution is 2.33. The van der Waals surface area contributed by atoms with Crippen LogP contribution in [0, 0.1) is 0 Å². The summed E-state index contributed by atoms with van der Waals surface area (Å²) < 4.78 is 0. The van der Waals surface area contributed by atoms with Crippen LogP contribution in [0.1, 0.15) is 24.8 Å². The summed E-state index contributed by atoms with van der Waals surface area (Å²) in [5.41, 5.74) is 2.18. The fourth-order valence-corrected chi connectivity index (χ4v) is 2.39. The Hall–Kier alpha value is -2.22. The van der Waals surface area contributed by atoms with Gasteiger partial charge in [0, 0.05) is 17.1 Å². The Morgan fingerprint density at radius 1 is 1.11 bits per heavy atom. The molecule has 1 aromatic rings. The van der Waals surface area contributed by atoms with Crippen molar-refractivity contribution in [3.8, 4) is 0 Å². The number of benzene rings is 1. The minimum Gasteiger partial charge on any atom is -0.290 e. The number of allylic oxidation sites excluding steroid dienone is 5. The van der Waals surface area contributed by atoms with Gasteiger partial charge in [0.1, 0.15) is 0 Å². The summed E-state index contributed by atoms with van der Waals surface area (Å²) in [4.78, 5) is 23.9. The molecule has 19 heavy (non-hydrogen) atoms. The number of carbonyl (C=O) groups excluding carboxylic acids is 2. The molecule has 2 nitrogen and oxygen atoms in total. The Morgan fingerprint density at radius 3 is 2.37 bits per heavy atom. The van der Waals surface area contributed by atoms with Crippen molar-refractivity contribution in [2.24, 2.45) is 0 Å². The average molecular weight is 252 g/mol. The van der Waals surface area contributed by atoms with Crippen molar-refractivity contribution in [3.05, 3.63) is 71.8 Å². The minimum absolute atomic E-state index is 0.0761. The third kappa shape index (κ3) is 2.63. The van der Waals surface area contributed by atoms with Crippen molar-refractivity contribution >= 4 is 11.6 Å². The monoisotopic (exact) mass is 252 g/mol. The van der Waals surface area contributed by atoms with Gasteiger partial charge in [0.25, 0.3) is 0 Å². The normalized spacial score (nSPS) is 16.7. The van der Waals surface area contributed by atoms with E-state index in [0.717, 1.165) is 5.56 Å². The smallest absolute Gasteiger partial charge is 0.182 e. The molecule has 0 aliphatic heterocycles. The molecule has 0 saturated carbocycles. The van der Waals surface area contributed by atoms with Crippen LogP contribution in [0.2, 0.25) is 0 Å². The third-order valence-corrected chi connectivity index (χ3v) is 3.38. The molecule has 1 aliphatic carbocycles. The van der Waals surface area contributed by atoms with Crippen LogP contribution in [-0.4, -0.2) is 11.6 Å². The maximum atomic E-state index is 12.1. The highest BCUT2D eigenvalue weighted by atomic mass is 16.1. The number of hydrogen-bond acceptors (Lipinski definition) is 2. The molecule has 1 atom stereocenters. The molecule has 0 N–H and O–H groups in total. The first-order valence-electron chi connectivity index (χ1n) is 6.28. The molecule has 2 heteroatoms. The van der Waals surface area contributed by atoms with Crippen LogP contribution in [0.25, 0.3) is 0 Å². The van der Waals surface area contributed by atoms with E-state index in [1.54, 1.807) is 13.0 Å². The molecule has 0 radical (unpaired) electrons. The van der Waals surface area contributed by atoms with Crippen LogP contribution in [0.4, 0.5) is 0 Å². The van der Waals surface area contributed by atoms with Crippen LogP contribution in [-0.2, 0) is 9.59 Å². The Bertz CT molecular complexity index is 577. The van der Waals surface area contributed by atoms with E-state index in [2.05, 4.69) is 6.58 Å². The SMILES string of the molecule is C=CC[C@H](C1=C(C)C(=O)C=CC1=O)c1ccccc1. The summed E-state index contributed by atoms with van der Waals surface area (Å²) in [6, 6.07) is 9.76. The van der Waals surface area contributed by atoms with Gasteiger partial charge >= 0.3 is 0 Å². The number of rotatable bonds is 4. The van der Waals surface area contributed by atoms with Crippen LogP contribution in [0.15, 0.2) is 66.3 Å². The molecule has 1 aliphatic rings. The van der Waals surface area contributed by atoms with Crippen LogP contribution in [0.5, 0.6) is 0 Å². The predicted octanol–water partition coefficient (Wildman–Crippen LogP) is 3.37. The van der Waals surface area contributed by atoms with Gasteiger partial charge < -0.3 is 0 Å². The minimum atomic E-state index is -0.0971. The molecule has 0 heterocycles. The second-order valence-electron chi connectivity index (χ2n) is 4.59. The average Bonchev–Trinajstić information content (AvgIpc) is 2.43. The van der Waals surface area contributed by atoms with Crippen molar-refractivity contribution in [2.75, 3.05) is 0 Å². The molecule has 2 rings (SSSR count). The Morgan fingerprint density at radius 2 is 1.74 bits per heavy atom. The Labute approximate surface area is 113 Å². The topological polar surface area (TPSA) is 34.1 Å². The van der Waals surface area contributed by atoms with Gasteiger partial charge in [-0.3, -0.25) is 9.59 Å². The molecule has 0 spiro atoms. The van der Waals surface area contributed by atoms with Gasteiger partial charge in [-0.25, -0.2) is 0 Å². The highest BCUT2D eigenvalue weighted by molar-refractivity contribution is 6.20. The van der Waals surface area contributed by atoms with E-state index in [9.17, 15) is 9.59 Å². The summed E-state index contributed by atoms with van der Waals surface area (Å²) >= 11 is 0. The molecular formula is C17H16O2. The quantitative estimate of drug-likeness (QED) is 0.608. The van der Waals surface area contributed by atoms with Crippen molar-refractivity contribution in [2.45, 2.75) is 19.3 Å². The van der Waals surface area contributed by atoms with Crippen molar-refractivity contribution < 1.29 is 9.59 Å². The second-order valence-corrected chi connectivity index (χ2v) is 4.59. The van der Waals surface area contributed by atoms with E-state index in [1.165, 1.54) is 12.2 Å². The summed E-state index contributed by atoms with van der Waals surface area (Å²) in [6.07, 6.45) is 5.14. The lowest BCUT2D eigenvalue weighted by Gasteiger charge is -2.21. The van der Waals surface area contributed by atoms with E-state index in [0.29, 0.717) is 17.6 Å². The first kappa shape index (κ1) is 13.2. The van der Waals surface area contributed by atoms with E-state index < -0.39 is 0 Å². The van der Waals surface area contributed by atoms with E-state index in [1.807, 2.05) is 30.3 Å². The zero-order valence-corrected chi connectivity index (χ0v) is 10.9. The maximum Gasteiger partial charge on any atom is 0.182 e. The molecule has 0 unspecified atom stereocenters. The summed E-state index contributed by atoms with van der Waals surface area (Å²) in [7, 11) is 0. The molecule has 0 amide bonds. The molecule has 0 saturated heterocycles. The van der Waals surface area contributed by atoms with Crippen molar-refractivity contribution in [1.29, 1.82) is 0 Å². The molecule has 96 valence electrons. The maximum absolute atomic E-state index is 12.1. The molecule has 1 aromatic carbocycles. The second kappa shape index (κ2) is 5.61. The summed E-state index contributed by atoms with van der Waals surface area (Å²) in [6.45, 7) is 5.47. The summed E-state index contributed by atoms with van der Waals surface area (Å²) in [5, 5.41) is 0. The van der Waals surface area contributed by atoms with Gasteiger partial charge in [0.2, 0.25) is 0 Å². The lowest BCUT2D eigenvalue weighted by atomic mass is 9.80. The lowest BCUT2D eigenvalue weighted by molar-refractivity contribution is -0.115. The van der Waals surface area contributed by atoms with Gasteiger partial charge in [-0.1, -0.05) is 36.4 Å². The largest absolute Gasteiger partial charge is 0.290 e. The summed E-state index contributed by atoms with van der Waals surface area (Å²) in [5.74, 6) is -0.257. The van der Waals surface area contributed by atoms with Crippen LogP contribution < -0.4 is 0 Å². The van der Waals surface area contributed by atoms with Gasteiger partial charge in [0.15, 0.2) is 11.6 Å². The lowest BCUT2D eigenvalue weighted by Crippen LogP contribution is -2.18. The zero-order chi connectivity index (χ0) is 13.8. The van der Waals surface area contributed by atoms with E-state index in [-0.39, 0.29) is 17.5 Å². The fourth-order valence-electron chi connectivity index (χ4n) is 2.39. The fraction of sp³-hybridized carbons (Fsp3) is 0.176. The van der Waals surface area contributed by atoms with E-state index >= 15 is 0 Å². The first-order chi connectivity index (χ1) is 9.15. The number of carbonyl (C=O) groups is 2. The number of hydrogen-bond donors (Lipinski definition) is 0. The molecule has 0 fully saturated rings. The highest BCUT2D eigenvalue weighted by Gasteiger charge is 2.26. The van der Waals surface area contributed by atoms with Crippen molar-refractivity contribution in [3.63, 3.8) is 0 Å². The van der Waals surface area contributed by atoms with Gasteiger partial charge in [0.05, 0.1) is 0 Å². The standard InChI is InChI=1S/C17H16O2/c1-3-7-14(13-8-5-4-6-9-13)17-12(2)15(18)10-11-16(17)19/h3-6,8-11,14H,1,7H2,2H3/t14-/m0/s1. The third-order valence-electron chi connectivity index (χ3n) is 3.38. The number of ketones is 2. The predicted molar refractivity (Wildman–Crippen MR) is 75.9 cm³/mol. The Kier molecular flexibility index (Phi) is 3.91. The first-order valence-corrected chi connectivity index (χ1v) is 6.28. The van der Waals surface area contributed by atoms with Crippen LogP contribution >= 0.6 is 0 Å². The van der Waals surface area contributed by atoms with Gasteiger partial charge in [-0.05, 0) is 31.1 Å². The molecule has 0 aromatic heterocycles. The van der Waals surface area contributed by atoms with Gasteiger partial charge in [-0.2, -0.15) is 0 Å². The Balaban J connectivity index is 2.50. The zero-order valence-electron chi connectivity index (χ0n) is 10.9. The van der Waals surface area contributed by atoms with Gasteiger partial charge in [-0.15, -0.1) is 6.58 Å². The van der Waals surface area contributed by atoms with Crippen LogP contribution in [0.3, 0.4) is 0 Å². The molecule has 0 bridgehead atoms. The van der Waals surface area contributed by atoms with E-state index in [4.69, 9.17) is 0 Å².